The number of carbonyl (C=O) groups is 1. The molecular weight excluding hydrogens is 452 g/mol. The van der Waals surface area contributed by atoms with E-state index < -0.39 is 15.9 Å². The van der Waals surface area contributed by atoms with Crippen LogP contribution in [0.3, 0.4) is 0 Å². The summed E-state index contributed by atoms with van der Waals surface area (Å²) in [6.07, 6.45) is 0.669. The average Bonchev–Trinajstić information content (AvgIpc) is 2.86. The summed E-state index contributed by atoms with van der Waals surface area (Å²) < 4.78 is 38.9. The van der Waals surface area contributed by atoms with E-state index >= 15 is 0 Å². The molecular formula is C26H30N2O5S. The number of carbonyl (C=O) groups excluding carboxylic acids is 1. The molecule has 0 aromatic heterocycles. The van der Waals surface area contributed by atoms with Gasteiger partial charge in [0, 0.05) is 6.07 Å². The number of rotatable bonds is 10. The van der Waals surface area contributed by atoms with Gasteiger partial charge in [0.2, 0.25) is 5.91 Å². The molecule has 0 unspecified atom stereocenters. The quantitative estimate of drug-likeness (QED) is 0.461. The lowest BCUT2D eigenvalue weighted by Gasteiger charge is -2.26. The Morgan fingerprint density at radius 2 is 1.59 bits per heavy atom. The first kappa shape index (κ1) is 25.1. The number of ether oxygens (including phenoxy) is 2. The predicted octanol–water partition coefficient (Wildman–Crippen LogP) is 4.48. The van der Waals surface area contributed by atoms with Crippen LogP contribution in [0.1, 0.15) is 30.5 Å². The molecule has 8 heteroatoms. The molecule has 3 rings (SSSR count). The lowest BCUT2D eigenvalue weighted by Crippen LogP contribution is -2.42. The van der Waals surface area contributed by atoms with E-state index in [1.54, 1.807) is 30.3 Å². The summed E-state index contributed by atoms with van der Waals surface area (Å²) in [7, 11) is -1.17. The minimum absolute atomic E-state index is 0.00706. The molecule has 1 atom stereocenters. The van der Waals surface area contributed by atoms with Crippen molar-refractivity contribution in [2.75, 3.05) is 25.1 Å². The molecule has 0 saturated carbocycles. The molecule has 0 heterocycles. The van der Waals surface area contributed by atoms with Crippen LogP contribution in [0, 0.1) is 6.92 Å². The van der Waals surface area contributed by atoms with Gasteiger partial charge in [-0.15, -0.1) is 0 Å². The van der Waals surface area contributed by atoms with Gasteiger partial charge in [-0.3, -0.25) is 9.10 Å². The first-order valence-corrected chi connectivity index (χ1v) is 12.4. The van der Waals surface area contributed by atoms with Crippen LogP contribution >= 0.6 is 0 Å². The maximum atomic E-state index is 13.6. The number of nitrogens with zero attached hydrogens (tertiary/aromatic N) is 1. The minimum Gasteiger partial charge on any atom is -0.493 e. The van der Waals surface area contributed by atoms with Gasteiger partial charge < -0.3 is 14.8 Å². The molecule has 0 bridgehead atoms. The van der Waals surface area contributed by atoms with Crippen molar-refractivity contribution in [3.8, 4) is 11.5 Å². The molecule has 0 aliphatic carbocycles. The lowest BCUT2D eigenvalue weighted by molar-refractivity contribution is -0.120. The van der Waals surface area contributed by atoms with Crippen LogP contribution < -0.4 is 19.1 Å². The Kier molecular flexibility index (Phi) is 8.17. The number of hydrogen-bond donors (Lipinski definition) is 1. The van der Waals surface area contributed by atoms with E-state index in [0.717, 1.165) is 15.4 Å². The van der Waals surface area contributed by atoms with Crippen molar-refractivity contribution in [2.45, 2.75) is 31.2 Å². The molecule has 0 aliphatic rings. The van der Waals surface area contributed by atoms with E-state index in [1.807, 2.05) is 38.1 Å². The third-order valence-corrected chi connectivity index (χ3v) is 7.27. The van der Waals surface area contributed by atoms with E-state index in [9.17, 15) is 13.2 Å². The number of amides is 1. The van der Waals surface area contributed by atoms with Crippen LogP contribution in [-0.4, -0.2) is 35.1 Å². The second-order valence-electron chi connectivity index (χ2n) is 7.80. The molecule has 3 aromatic carbocycles. The Bertz CT molecular complexity index is 1210. The average molecular weight is 483 g/mol. The molecule has 0 aliphatic heterocycles. The van der Waals surface area contributed by atoms with E-state index in [1.165, 1.54) is 32.4 Å². The van der Waals surface area contributed by atoms with Gasteiger partial charge in [0.25, 0.3) is 10.0 Å². The Morgan fingerprint density at radius 1 is 0.941 bits per heavy atom. The van der Waals surface area contributed by atoms with Crippen molar-refractivity contribution >= 4 is 21.6 Å². The second-order valence-corrected chi connectivity index (χ2v) is 9.67. The maximum Gasteiger partial charge on any atom is 0.264 e. The smallest absolute Gasteiger partial charge is 0.264 e. The van der Waals surface area contributed by atoms with Crippen LogP contribution in [0.15, 0.2) is 77.7 Å². The number of nitrogens with one attached hydrogen (secondary N) is 1. The van der Waals surface area contributed by atoms with Gasteiger partial charge in [-0.05, 0) is 43.2 Å². The fraction of sp³-hybridized carbons (Fsp3) is 0.269. The van der Waals surface area contributed by atoms with Gasteiger partial charge in [0.1, 0.15) is 6.54 Å². The van der Waals surface area contributed by atoms with Crippen molar-refractivity contribution in [1.29, 1.82) is 0 Å². The van der Waals surface area contributed by atoms with Gasteiger partial charge in [-0.25, -0.2) is 8.42 Å². The van der Waals surface area contributed by atoms with Gasteiger partial charge in [0.15, 0.2) is 11.5 Å². The zero-order valence-electron chi connectivity index (χ0n) is 19.8. The summed E-state index contributed by atoms with van der Waals surface area (Å²) >= 11 is 0. The van der Waals surface area contributed by atoms with Crippen molar-refractivity contribution in [2.24, 2.45) is 0 Å². The van der Waals surface area contributed by atoms with Crippen molar-refractivity contribution in [1.82, 2.24) is 5.32 Å². The molecule has 1 amide bonds. The maximum absolute atomic E-state index is 13.6. The Morgan fingerprint density at radius 3 is 2.18 bits per heavy atom. The normalized spacial score (nSPS) is 12.0. The molecule has 180 valence electrons. The molecule has 3 aromatic rings. The molecule has 0 spiro atoms. The summed E-state index contributed by atoms with van der Waals surface area (Å²) in [5, 5.41) is 2.98. The SMILES string of the molecule is CC[C@@H](NC(=O)CN(c1ccccc1)S(=O)(=O)c1ccc(OC)c(OC)c1)c1ccc(C)cc1. The standard InChI is InChI=1S/C26H30N2O5S/c1-5-23(20-13-11-19(2)12-14-20)27-26(29)18-28(21-9-7-6-8-10-21)34(30,31)22-15-16-24(32-3)25(17-22)33-4/h6-17,23H,5,18H2,1-4H3,(H,27,29)/t23-/m1/s1. The Labute approximate surface area is 201 Å². The van der Waals surface area contributed by atoms with E-state index in [4.69, 9.17) is 9.47 Å². The summed E-state index contributed by atoms with van der Waals surface area (Å²) in [6.45, 7) is 3.60. The summed E-state index contributed by atoms with van der Waals surface area (Å²) in [5.41, 5.74) is 2.48. The molecule has 1 N–H and O–H groups in total. The Hall–Kier alpha value is -3.52. The Balaban J connectivity index is 1.92. The predicted molar refractivity (Wildman–Crippen MR) is 133 cm³/mol. The zero-order valence-corrected chi connectivity index (χ0v) is 20.6. The zero-order chi connectivity index (χ0) is 24.7. The van der Waals surface area contributed by atoms with E-state index in [2.05, 4.69) is 5.32 Å². The van der Waals surface area contributed by atoms with Gasteiger partial charge >= 0.3 is 0 Å². The van der Waals surface area contributed by atoms with Crippen LogP contribution in [-0.2, 0) is 14.8 Å². The highest BCUT2D eigenvalue weighted by molar-refractivity contribution is 7.92. The molecule has 0 radical (unpaired) electrons. The molecule has 7 nitrogen and oxygen atoms in total. The van der Waals surface area contributed by atoms with Crippen LogP contribution in [0.2, 0.25) is 0 Å². The van der Waals surface area contributed by atoms with Crippen LogP contribution in [0.5, 0.6) is 11.5 Å². The summed E-state index contributed by atoms with van der Waals surface area (Å²) in [4.78, 5) is 13.1. The largest absolute Gasteiger partial charge is 0.493 e. The highest BCUT2D eigenvalue weighted by Crippen LogP contribution is 2.32. The van der Waals surface area contributed by atoms with Crippen LogP contribution in [0.25, 0.3) is 0 Å². The number of anilines is 1. The topological polar surface area (TPSA) is 84.9 Å². The second kappa shape index (κ2) is 11.1. The third kappa shape index (κ3) is 5.69. The number of hydrogen-bond acceptors (Lipinski definition) is 5. The van der Waals surface area contributed by atoms with E-state index in [0.29, 0.717) is 17.9 Å². The molecule has 34 heavy (non-hydrogen) atoms. The molecule has 0 fully saturated rings. The lowest BCUT2D eigenvalue weighted by atomic mass is 10.0. The van der Waals surface area contributed by atoms with Crippen molar-refractivity contribution in [3.63, 3.8) is 0 Å². The number of sulfonamides is 1. The van der Waals surface area contributed by atoms with Gasteiger partial charge in [-0.2, -0.15) is 0 Å². The molecule has 0 saturated heterocycles. The minimum atomic E-state index is -4.08. The highest BCUT2D eigenvalue weighted by Gasteiger charge is 2.29. The fourth-order valence-electron chi connectivity index (χ4n) is 3.60. The van der Waals surface area contributed by atoms with Gasteiger partial charge in [-0.1, -0.05) is 55.0 Å². The van der Waals surface area contributed by atoms with E-state index in [-0.39, 0.29) is 23.2 Å². The first-order chi connectivity index (χ1) is 16.3. The number of para-hydroxylation sites is 1. The van der Waals surface area contributed by atoms with Gasteiger partial charge in [0.05, 0.1) is 30.8 Å². The number of benzene rings is 3. The third-order valence-electron chi connectivity index (χ3n) is 5.50. The van der Waals surface area contributed by atoms with Crippen LogP contribution in [0.4, 0.5) is 5.69 Å². The summed E-state index contributed by atoms with van der Waals surface area (Å²) in [5.74, 6) is 0.293. The first-order valence-electron chi connectivity index (χ1n) is 11.0. The number of aryl methyl sites for hydroxylation is 1. The fourth-order valence-corrected chi connectivity index (χ4v) is 5.04. The van der Waals surface area contributed by atoms with Crippen molar-refractivity contribution in [3.05, 3.63) is 83.9 Å². The highest BCUT2D eigenvalue weighted by atomic mass is 32.2. The monoisotopic (exact) mass is 482 g/mol. The number of methoxy groups -OCH3 is 2. The van der Waals surface area contributed by atoms with Crippen molar-refractivity contribution < 1.29 is 22.7 Å². The summed E-state index contributed by atoms with van der Waals surface area (Å²) in [6, 6.07) is 20.6.